The maximum atomic E-state index is 12.1. The number of aromatic nitrogens is 2. The van der Waals surface area contributed by atoms with E-state index in [1.54, 1.807) is 24.3 Å². The van der Waals surface area contributed by atoms with Gasteiger partial charge in [-0.05, 0) is 12.1 Å². The van der Waals surface area contributed by atoms with Crippen molar-refractivity contribution in [3.05, 3.63) is 74.7 Å². The van der Waals surface area contributed by atoms with Crippen LogP contribution in [0.2, 0.25) is 0 Å². The minimum absolute atomic E-state index is 0.117. The van der Waals surface area contributed by atoms with Gasteiger partial charge in [0.05, 0.1) is 6.54 Å². The van der Waals surface area contributed by atoms with Crippen molar-refractivity contribution >= 4 is 11.6 Å². The molecule has 1 amide bonds. The lowest BCUT2D eigenvalue weighted by atomic mass is 10.2. The quantitative estimate of drug-likeness (QED) is 0.598. The van der Waals surface area contributed by atoms with Gasteiger partial charge in [-0.25, -0.2) is 4.79 Å². The number of nitriles is 1. The van der Waals surface area contributed by atoms with Gasteiger partial charge in [-0.1, -0.05) is 18.2 Å². The standard InChI is InChI=1S/C17H17N5O3/c1-21-14(8-15(23)22(2)17(21)25)11-19-10-12(9-18)16(24)20-13-6-4-3-5-7-13/h3-8,10,19H,11H2,1-2H3,(H,20,24)/b12-10+. The Morgan fingerprint density at radius 3 is 2.52 bits per heavy atom. The second-order valence-electron chi connectivity index (χ2n) is 5.25. The maximum absolute atomic E-state index is 12.1. The van der Waals surface area contributed by atoms with E-state index in [1.165, 1.54) is 30.9 Å². The summed E-state index contributed by atoms with van der Waals surface area (Å²) in [7, 11) is 2.93. The molecule has 25 heavy (non-hydrogen) atoms. The molecule has 0 fully saturated rings. The van der Waals surface area contributed by atoms with E-state index in [0.717, 1.165) is 4.57 Å². The van der Waals surface area contributed by atoms with Crippen LogP contribution in [0.4, 0.5) is 5.69 Å². The monoisotopic (exact) mass is 339 g/mol. The molecule has 8 nitrogen and oxygen atoms in total. The van der Waals surface area contributed by atoms with E-state index in [9.17, 15) is 14.4 Å². The molecule has 1 heterocycles. The third-order valence-corrected chi connectivity index (χ3v) is 3.55. The predicted octanol–water partition coefficient (Wildman–Crippen LogP) is 0.220. The van der Waals surface area contributed by atoms with Crippen LogP contribution in [0.25, 0.3) is 0 Å². The third-order valence-electron chi connectivity index (χ3n) is 3.55. The normalized spacial score (nSPS) is 10.8. The molecule has 0 atom stereocenters. The van der Waals surface area contributed by atoms with E-state index in [2.05, 4.69) is 10.6 Å². The lowest BCUT2D eigenvalue weighted by Gasteiger charge is -2.09. The van der Waals surface area contributed by atoms with Crippen LogP contribution in [-0.4, -0.2) is 15.0 Å². The Kier molecular flexibility index (Phi) is 5.53. The summed E-state index contributed by atoms with van der Waals surface area (Å²) in [4.78, 5) is 35.6. The Labute approximate surface area is 143 Å². The van der Waals surface area contributed by atoms with Gasteiger partial charge in [-0.3, -0.25) is 18.7 Å². The molecule has 0 bridgehead atoms. The highest BCUT2D eigenvalue weighted by atomic mass is 16.2. The zero-order chi connectivity index (χ0) is 18.4. The van der Waals surface area contributed by atoms with E-state index in [4.69, 9.17) is 5.26 Å². The number of rotatable bonds is 5. The Bertz CT molecular complexity index is 965. The molecule has 0 aliphatic carbocycles. The lowest BCUT2D eigenvalue weighted by Crippen LogP contribution is -2.38. The number of nitrogens with one attached hydrogen (secondary N) is 2. The Morgan fingerprint density at radius 1 is 1.20 bits per heavy atom. The molecule has 0 aliphatic rings. The molecule has 128 valence electrons. The van der Waals surface area contributed by atoms with Crippen molar-refractivity contribution in [2.24, 2.45) is 14.1 Å². The van der Waals surface area contributed by atoms with Crippen LogP contribution < -0.4 is 21.9 Å². The highest BCUT2D eigenvalue weighted by Gasteiger charge is 2.09. The molecule has 2 N–H and O–H groups in total. The van der Waals surface area contributed by atoms with Crippen molar-refractivity contribution < 1.29 is 4.79 Å². The summed E-state index contributed by atoms with van der Waals surface area (Å²) in [6, 6.07) is 11.9. The van der Waals surface area contributed by atoms with Crippen LogP contribution in [0.1, 0.15) is 5.69 Å². The first-order valence-electron chi connectivity index (χ1n) is 7.40. The van der Waals surface area contributed by atoms with Gasteiger partial charge in [0.25, 0.3) is 11.5 Å². The molecule has 0 radical (unpaired) electrons. The van der Waals surface area contributed by atoms with Gasteiger partial charge >= 0.3 is 5.69 Å². The zero-order valence-electron chi connectivity index (χ0n) is 13.8. The minimum Gasteiger partial charge on any atom is -0.384 e. The minimum atomic E-state index is -0.556. The summed E-state index contributed by atoms with van der Waals surface area (Å²) in [5, 5.41) is 14.5. The highest BCUT2D eigenvalue weighted by Crippen LogP contribution is 2.06. The first kappa shape index (κ1) is 17.7. The van der Waals surface area contributed by atoms with Crippen molar-refractivity contribution in [2.75, 3.05) is 5.32 Å². The van der Waals surface area contributed by atoms with E-state index >= 15 is 0 Å². The number of nitrogens with zero attached hydrogens (tertiary/aromatic N) is 3. The zero-order valence-corrected chi connectivity index (χ0v) is 13.8. The molecule has 0 spiro atoms. The number of amides is 1. The maximum Gasteiger partial charge on any atom is 0.330 e. The third kappa shape index (κ3) is 4.23. The second-order valence-corrected chi connectivity index (χ2v) is 5.25. The van der Waals surface area contributed by atoms with Crippen molar-refractivity contribution in [2.45, 2.75) is 6.54 Å². The average molecular weight is 339 g/mol. The van der Waals surface area contributed by atoms with Crippen LogP contribution in [0.3, 0.4) is 0 Å². The molecule has 0 aliphatic heterocycles. The number of hydrogen-bond acceptors (Lipinski definition) is 5. The summed E-state index contributed by atoms with van der Waals surface area (Å²) >= 11 is 0. The van der Waals surface area contributed by atoms with Crippen molar-refractivity contribution in [1.82, 2.24) is 14.5 Å². The molecule has 1 aromatic heterocycles. The molecular weight excluding hydrogens is 322 g/mol. The predicted molar refractivity (Wildman–Crippen MR) is 92.5 cm³/mol. The van der Waals surface area contributed by atoms with Crippen molar-refractivity contribution in [3.63, 3.8) is 0 Å². The fourth-order valence-corrected chi connectivity index (χ4v) is 2.07. The van der Waals surface area contributed by atoms with Gasteiger partial charge < -0.3 is 10.6 Å². The summed E-state index contributed by atoms with van der Waals surface area (Å²) in [5.74, 6) is -0.556. The molecule has 2 rings (SSSR count). The number of hydrogen-bond donors (Lipinski definition) is 2. The van der Waals surface area contributed by atoms with E-state index in [1.807, 2.05) is 12.1 Å². The van der Waals surface area contributed by atoms with Crippen LogP contribution in [-0.2, 0) is 25.4 Å². The molecular formula is C17H17N5O3. The fourth-order valence-electron chi connectivity index (χ4n) is 2.07. The first-order chi connectivity index (χ1) is 11.9. The van der Waals surface area contributed by atoms with Crippen LogP contribution >= 0.6 is 0 Å². The van der Waals surface area contributed by atoms with Gasteiger partial charge in [0.1, 0.15) is 11.6 Å². The second kappa shape index (κ2) is 7.79. The van der Waals surface area contributed by atoms with Crippen molar-refractivity contribution in [3.8, 4) is 6.07 Å². The summed E-state index contributed by atoms with van der Waals surface area (Å²) in [6.45, 7) is 0.117. The van der Waals surface area contributed by atoms with Gasteiger partial charge in [-0.15, -0.1) is 0 Å². The largest absolute Gasteiger partial charge is 0.384 e. The highest BCUT2D eigenvalue weighted by molar-refractivity contribution is 6.06. The Balaban J connectivity index is 2.10. The van der Waals surface area contributed by atoms with Gasteiger partial charge in [0.15, 0.2) is 0 Å². The molecule has 0 saturated carbocycles. The van der Waals surface area contributed by atoms with E-state index in [0.29, 0.717) is 11.4 Å². The van der Waals surface area contributed by atoms with Crippen LogP contribution in [0, 0.1) is 11.3 Å². The summed E-state index contributed by atoms with van der Waals surface area (Å²) < 4.78 is 2.31. The molecule has 0 saturated heterocycles. The van der Waals surface area contributed by atoms with Gasteiger partial charge in [-0.2, -0.15) is 5.26 Å². The molecule has 2 aromatic rings. The molecule has 1 aromatic carbocycles. The van der Waals surface area contributed by atoms with Crippen molar-refractivity contribution in [1.29, 1.82) is 5.26 Å². The summed E-state index contributed by atoms with van der Waals surface area (Å²) in [6.07, 6.45) is 1.25. The van der Waals surface area contributed by atoms with Gasteiger partial charge in [0, 0.05) is 37.7 Å². The molecule has 0 unspecified atom stereocenters. The number of anilines is 1. The number of benzene rings is 1. The Morgan fingerprint density at radius 2 is 1.88 bits per heavy atom. The van der Waals surface area contributed by atoms with Gasteiger partial charge in [0.2, 0.25) is 0 Å². The first-order valence-corrected chi connectivity index (χ1v) is 7.40. The SMILES string of the molecule is Cn1c(CN/C=C(\C#N)C(=O)Nc2ccccc2)cc(=O)n(C)c1=O. The average Bonchev–Trinajstić information content (AvgIpc) is 2.61. The van der Waals surface area contributed by atoms with E-state index < -0.39 is 17.2 Å². The van der Waals surface area contributed by atoms with Crippen LogP contribution in [0.5, 0.6) is 0 Å². The summed E-state index contributed by atoms with van der Waals surface area (Å²) in [5.41, 5.74) is 0.00668. The fraction of sp³-hybridized carbons (Fsp3) is 0.176. The van der Waals surface area contributed by atoms with E-state index in [-0.39, 0.29) is 12.1 Å². The number of carbonyl (C=O) groups excluding carboxylic acids is 1. The molecule has 8 heteroatoms. The lowest BCUT2D eigenvalue weighted by molar-refractivity contribution is -0.112. The van der Waals surface area contributed by atoms with Crippen LogP contribution in [0.15, 0.2) is 57.8 Å². The number of carbonyl (C=O) groups is 1. The smallest absolute Gasteiger partial charge is 0.330 e. The topological polar surface area (TPSA) is 109 Å². The Hall–Kier alpha value is -3.60. The number of para-hydroxylation sites is 1.